The second-order valence-electron chi connectivity index (χ2n) is 6.53. The minimum absolute atomic E-state index is 0.0753. The number of carbonyl (C=O) groups excluding carboxylic acids is 3. The maximum absolute atomic E-state index is 11.8. The fraction of sp³-hybridized carbons (Fsp3) is 0.800. The molecule has 1 aliphatic heterocycles. The predicted molar refractivity (Wildman–Crippen MR) is 82.3 cm³/mol. The van der Waals surface area contributed by atoms with Crippen LogP contribution in [-0.4, -0.2) is 54.1 Å². The topological polar surface area (TPSA) is 87.7 Å². The molecule has 22 heavy (non-hydrogen) atoms. The van der Waals surface area contributed by atoms with E-state index in [1.807, 2.05) is 0 Å². The second kappa shape index (κ2) is 8.00. The molecule has 0 aromatic carbocycles. The van der Waals surface area contributed by atoms with Gasteiger partial charge in [0.15, 0.2) is 0 Å². The highest BCUT2D eigenvalue weighted by Gasteiger charge is 2.22. The van der Waals surface area contributed by atoms with Gasteiger partial charge in [0.25, 0.3) is 0 Å². The number of nitrogens with one attached hydrogen (secondary N) is 2. The predicted octanol–water partition coefficient (Wildman–Crippen LogP) is 1.03. The third kappa shape index (κ3) is 7.28. The molecule has 3 amide bonds. The summed E-state index contributed by atoms with van der Waals surface area (Å²) >= 11 is 0. The number of piperidine rings is 1. The van der Waals surface area contributed by atoms with Crippen LogP contribution in [0.15, 0.2) is 0 Å². The fourth-order valence-electron chi connectivity index (χ4n) is 2.23. The van der Waals surface area contributed by atoms with Crippen molar-refractivity contribution in [2.75, 3.05) is 19.6 Å². The molecule has 1 saturated heterocycles. The molecule has 1 aliphatic rings. The molecule has 126 valence electrons. The summed E-state index contributed by atoms with van der Waals surface area (Å²) in [7, 11) is 0. The summed E-state index contributed by atoms with van der Waals surface area (Å²) < 4.78 is 5.08. The Bertz CT molecular complexity index is 410. The molecule has 7 heteroatoms. The number of hydrogen-bond donors (Lipinski definition) is 2. The molecule has 2 N–H and O–H groups in total. The number of likely N-dealkylation sites (tertiary alicyclic amines) is 1. The molecule has 0 bridgehead atoms. The number of hydrogen-bond acceptors (Lipinski definition) is 4. The molecule has 0 spiro atoms. The minimum Gasteiger partial charge on any atom is -0.444 e. The van der Waals surface area contributed by atoms with Gasteiger partial charge in [-0.3, -0.25) is 9.59 Å². The molecule has 1 rings (SSSR count). The molecule has 0 aromatic heterocycles. The fourth-order valence-corrected chi connectivity index (χ4v) is 2.23. The molecule has 7 nitrogen and oxygen atoms in total. The summed E-state index contributed by atoms with van der Waals surface area (Å²) in [4.78, 5) is 36.2. The van der Waals surface area contributed by atoms with E-state index in [9.17, 15) is 14.4 Å². The summed E-state index contributed by atoms with van der Waals surface area (Å²) in [5.41, 5.74) is -0.545. The Morgan fingerprint density at radius 2 is 1.77 bits per heavy atom. The molecular weight excluding hydrogens is 286 g/mol. The highest BCUT2D eigenvalue weighted by molar-refractivity contribution is 5.77. The van der Waals surface area contributed by atoms with Crippen LogP contribution in [0.25, 0.3) is 0 Å². The van der Waals surface area contributed by atoms with E-state index in [1.165, 1.54) is 0 Å². The lowest BCUT2D eigenvalue weighted by Crippen LogP contribution is -2.46. The Labute approximate surface area is 131 Å². The maximum Gasteiger partial charge on any atom is 0.407 e. The number of rotatable bonds is 4. The molecule has 0 radical (unpaired) electrons. The zero-order chi connectivity index (χ0) is 16.8. The average molecular weight is 313 g/mol. The van der Waals surface area contributed by atoms with Crippen molar-refractivity contribution in [2.45, 2.75) is 58.6 Å². The highest BCUT2D eigenvalue weighted by atomic mass is 16.6. The van der Waals surface area contributed by atoms with Gasteiger partial charge >= 0.3 is 6.09 Å². The largest absolute Gasteiger partial charge is 0.444 e. The Hall–Kier alpha value is -1.79. The highest BCUT2D eigenvalue weighted by Crippen LogP contribution is 2.10. The Kier molecular flexibility index (Phi) is 6.64. The van der Waals surface area contributed by atoms with E-state index in [0.29, 0.717) is 13.1 Å². The van der Waals surface area contributed by atoms with Gasteiger partial charge in [-0.25, -0.2) is 4.79 Å². The van der Waals surface area contributed by atoms with Gasteiger partial charge in [0.2, 0.25) is 11.8 Å². The van der Waals surface area contributed by atoms with E-state index in [-0.39, 0.29) is 30.8 Å². The van der Waals surface area contributed by atoms with Gasteiger partial charge in [0.05, 0.1) is 0 Å². The first-order valence-electron chi connectivity index (χ1n) is 7.69. The van der Waals surface area contributed by atoms with Crippen molar-refractivity contribution >= 4 is 17.9 Å². The second-order valence-corrected chi connectivity index (χ2v) is 6.53. The van der Waals surface area contributed by atoms with Gasteiger partial charge in [-0.05, 0) is 33.6 Å². The lowest BCUT2D eigenvalue weighted by atomic mass is 10.0. The van der Waals surface area contributed by atoms with E-state index in [2.05, 4.69) is 10.6 Å². The van der Waals surface area contributed by atoms with Crippen molar-refractivity contribution in [1.82, 2.24) is 15.5 Å². The summed E-state index contributed by atoms with van der Waals surface area (Å²) in [5, 5.41) is 5.49. The van der Waals surface area contributed by atoms with Gasteiger partial charge in [0.1, 0.15) is 5.60 Å². The molecule has 0 aromatic rings. The van der Waals surface area contributed by atoms with Crippen molar-refractivity contribution < 1.29 is 19.1 Å². The van der Waals surface area contributed by atoms with Crippen LogP contribution in [0.5, 0.6) is 0 Å². The Morgan fingerprint density at radius 1 is 1.18 bits per heavy atom. The lowest BCUT2D eigenvalue weighted by molar-refractivity contribution is -0.130. The van der Waals surface area contributed by atoms with Crippen LogP contribution in [0.4, 0.5) is 4.79 Å². The molecule has 0 saturated carbocycles. The normalized spacial score (nSPS) is 16.1. The van der Waals surface area contributed by atoms with Crippen molar-refractivity contribution in [3.8, 4) is 0 Å². The molecule has 1 fully saturated rings. The van der Waals surface area contributed by atoms with E-state index in [1.54, 1.807) is 32.6 Å². The SMILES string of the molecule is CC(=O)N1CCC(NC(=O)CCNC(=O)OC(C)(C)C)CC1. The average Bonchev–Trinajstić information content (AvgIpc) is 2.37. The van der Waals surface area contributed by atoms with Crippen LogP contribution in [0.3, 0.4) is 0 Å². The molecule has 0 unspecified atom stereocenters. The maximum atomic E-state index is 11.8. The smallest absolute Gasteiger partial charge is 0.407 e. The standard InChI is InChI=1S/C15H27N3O4/c1-11(19)18-9-6-12(7-10-18)17-13(20)5-8-16-14(21)22-15(2,3)4/h12H,5-10H2,1-4H3,(H,16,21)(H,17,20). The van der Waals surface area contributed by atoms with Crippen LogP contribution in [0.2, 0.25) is 0 Å². The molecule has 0 aliphatic carbocycles. The quantitative estimate of drug-likeness (QED) is 0.811. The van der Waals surface area contributed by atoms with Gasteiger partial charge < -0.3 is 20.3 Å². The van der Waals surface area contributed by atoms with Crippen molar-refractivity contribution in [3.05, 3.63) is 0 Å². The first-order chi connectivity index (χ1) is 10.2. The third-order valence-corrected chi connectivity index (χ3v) is 3.33. The third-order valence-electron chi connectivity index (χ3n) is 3.33. The number of amides is 3. The van der Waals surface area contributed by atoms with Crippen LogP contribution < -0.4 is 10.6 Å². The van der Waals surface area contributed by atoms with Crippen LogP contribution >= 0.6 is 0 Å². The zero-order valence-electron chi connectivity index (χ0n) is 13.9. The lowest BCUT2D eigenvalue weighted by Gasteiger charge is -2.31. The Balaban J connectivity index is 2.17. The van der Waals surface area contributed by atoms with E-state index < -0.39 is 11.7 Å². The summed E-state index contributed by atoms with van der Waals surface area (Å²) in [5.74, 6) is -0.0244. The monoisotopic (exact) mass is 313 g/mol. The summed E-state index contributed by atoms with van der Waals surface area (Å²) in [6, 6.07) is 0.102. The first-order valence-corrected chi connectivity index (χ1v) is 7.69. The molecule has 1 heterocycles. The summed E-state index contributed by atoms with van der Waals surface area (Å²) in [6.45, 7) is 8.51. The van der Waals surface area contributed by atoms with Crippen molar-refractivity contribution in [3.63, 3.8) is 0 Å². The Morgan fingerprint density at radius 3 is 2.27 bits per heavy atom. The van der Waals surface area contributed by atoms with Crippen molar-refractivity contribution in [2.24, 2.45) is 0 Å². The van der Waals surface area contributed by atoms with Gasteiger partial charge in [-0.2, -0.15) is 0 Å². The van der Waals surface area contributed by atoms with Crippen LogP contribution in [0, 0.1) is 0 Å². The van der Waals surface area contributed by atoms with Crippen molar-refractivity contribution in [1.29, 1.82) is 0 Å². The number of nitrogens with zero attached hydrogens (tertiary/aromatic N) is 1. The van der Waals surface area contributed by atoms with Gasteiger partial charge in [-0.15, -0.1) is 0 Å². The van der Waals surface area contributed by atoms with E-state index in [4.69, 9.17) is 4.74 Å². The number of ether oxygens (including phenoxy) is 1. The number of alkyl carbamates (subject to hydrolysis) is 1. The van der Waals surface area contributed by atoms with E-state index >= 15 is 0 Å². The van der Waals surface area contributed by atoms with E-state index in [0.717, 1.165) is 12.8 Å². The number of carbonyl (C=O) groups is 3. The minimum atomic E-state index is -0.545. The van der Waals surface area contributed by atoms with Gasteiger partial charge in [-0.1, -0.05) is 0 Å². The first kappa shape index (κ1) is 18.3. The van der Waals surface area contributed by atoms with Crippen LogP contribution in [-0.2, 0) is 14.3 Å². The van der Waals surface area contributed by atoms with Gasteiger partial charge in [0, 0.05) is 39.0 Å². The summed E-state index contributed by atoms with van der Waals surface area (Å²) in [6.07, 6.45) is 1.23. The zero-order valence-corrected chi connectivity index (χ0v) is 13.9. The molecule has 0 atom stereocenters. The molecular formula is C15H27N3O4. The van der Waals surface area contributed by atoms with Crippen LogP contribution in [0.1, 0.15) is 47.0 Å².